The third kappa shape index (κ3) is 11.5. The van der Waals surface area contributed by atoms with Crippen molar-refractivity contribution in [1.82, 2.24) is 21.3 Å². The van der Waals surface area contributed by atoms with E-state index in [0.717, 1.165) is 12.8 Å². The standard InChI is InChI=1S/C23H40N4O5S/c1-13(2)11-18(24-15(5)28)21(30)27-19(12-14(3)4)22(31)26-17(9-10-33-6)20(29)23(32)25-16-7-8-16/h13-14,16-19H,7-12H2,1-6H3,(H,24,28)(H,25,32)(H,26,31)(H,27,30)/t17-,18-,19-/m0/s1. The zero-order valence-electron chi connectivity index (χ0n) is 20.7. The number of carbonyl (C=O) groups excluding carboxylic acids is 5. The SMILES string of the molecule is CSCC[C@H](NC(=O)[C@H](CC(C)C)NC(=O)[C@H](CC(C)C)NC(C)=O)C(=O)C(=O)NC1CC1. The van der Waals surface area contributed by atoms with E-state index < -0.39 is 41.6 Å². The monoisotopic (exact) mass is 484 g/mol. The highest BCUT2D eigenvalue weighted by molar-refractivity contribution is 7.98. The Bertz CT molecular complexity index is 709. The Morgan fingerprint density at radius 2 is 1.30 bits per heavy atom. The van der Waals surface area contributed by atoms with Crippen molar-refractivity contribution >= 4 is 41.2 Å². The van der Waals surface area contributed by atoms with Crippen molar-refractivity contribution in [3.05, 3.63) is 0 Å². The van der Waals surface area contributed by atoms with Crippen LogP contribution in [0.5, 0.6) is 0 Å². The fraction of sp³-hybridized carbons (Fsp3) is 0.783. The average Bonchev–Trinajstić information content (AvgIpc) is 3.52. The van der Waals surface area contributed by atoms with Crippen LogP contribution in [-0.2, 0) is 24.0 Å². The Labute approximate surface area is 201 Å². The maximum atomic E-state index is 13.1. The zero-order chi connectivity index (χ0) is 25.1. The first-order valence-electron chi connectivity index (χ1n) is 11.7. The van der Waals surface area contributed by atoms with Crippen LogP contribution in [0.2, 0.25) is 0 Å². The fourth-order valence-electron chi connectivity index (χ4n) is 3.34. The van der Waals surface area contributed by atoms with E-state index in [9.17, 15) is 24.0 Å². The summed E-state index contributed by atoms with van der Waals surface area (Å²) >= 11 is 1.51. The lowest BCUT2D eigenvalue weighted by atomic mass is 9.99. The number of hydrogen-bond donors (Lipinski definition) is 4. The second-order valence-electron chi connectivity index (χ2n) is 9.53. The molecule has 4 N–H and O–H groups in total. The third-order valence-electron chi connectivity index (χ3n) is 5.12. The first kappa shape index (κ1) is 28.9. The summed E-state index contributed by atoms with van der Waals surface area (Å²) in [4.78, 5) is 62.5. The van der Waals surface area contributed by atoms with Crippen molar-refractivity contribution in [1.29, 1.82) is 0 Å². The molecule has 3 atom stereocenters. The highest BCUT2D eigenvalue weighted by atomic mass is 32.2. The predicted molar refractivity (Wildman–Crippen MR) is 130 cm³/mol. The molecule has 9 nitrogen and oxygen atoms in total. The van der Waals surface area contributed by atoms with Gasteiger partial charge in [0.2, 0.25) is 23.5 Å². The molecule has 0 bridgehead atoms. The van der Waals surface area contributed by atoms with Crippen molar-refractivity contribution < 1.29 is 24.0 Å². The molecule has 1 aliphatic carbocycles. The lowest BCUT2D eigenvalue weighted by Gasteiger charge is -2.26. The maximum Gasteiger partial charge on any atom is 0.289 e. The number of ketones is 1. The second-order valence-corrected chi connectivity index (χ2v) is 10.5. The summed E-state index contributed by atoms with van der Waals surface area (Å²) in [6, 6.07) is -2.57. The second kappa shape index (κ2) is 14.2. The van der Waals surface area contributed by atoms with Crippen LogP contribution in [0.25, 0.3) is 0 Å². The molecule has 1 fully saturated rings. The molecule has 0 aromatic rings. The lowest BCUT2D eigenvalue weighted by molar-refractivity contribution is -0.140. The first-order chi connectivity index (χ1) is 15.4. The maximum absolute atomic E-state index is 13.1. The smallest absolute Gasteiger partial charge is 0.289 e. The molecule has 4 amide bonds. The summed E-state index contributed by atoms with van der Waals surface area (Å²) in [7, 11) is 0. The van der Waals surface area contributed by atoms with E-state index in [1.165, 1.54) is 18.7 Å². The van der Waals surface area contributed by atoms with Crippen LogP contribution in [0.1, 0.15) is 66.7 Å². The highest BCUT2D eigenvalue weighted by Gasteiger charge is 2.34. The van der Waals surface area contributed by atoms with Crippen LogP contribution < -0.4 is 21.3 Å². The minimum absolute atomic E-state index is 0.0398. The van der Waals surface area contributed by atoms with Crippen molar-refractivity contribution in [2.75, 3.05) is 12.0 Å². The van der Waals surface area contributed by atoms with Crippen molar-refractivity contribution in [3.8, 4) is 0 Å². The van der Waals surface area contributed by atoms with Gasteiger partial charge in [0.1, 0.15) is 12.1 Å². The van der Waals surface area contributed by atoms with Gasteiger partial charge in [0, 0.05) is 13.0 Å². The number of nitrogens with one attached hydrogen (secondary N) is 4. The minimum Gasteiger partial charge on any atom is -0.347 e. The Balaban J connectivity index is 2.94. The van der Waals surface area contributed by atoms with Crippen LogP contribution in [0.4, 0.5) is 0 Å². The normalized spacial score (nSPS) is 16.0. The summed E-state index contributed by atoms with van der Waals surface area (Å²) in [6.07, 6.45) is 4.69. The Morgan fingerprint density at radius 3 is 1.73 bits per heavy atom. The summed E-state index contributed by atoms with van der Waals surface area (Å²) in [5.74, 6) is -1.81. The third-order valence-corrected chi connectivity index (χ3v) is 5.77. The molecule has 1 rings (SSSR count). The van der Waals surface area contributed by atoms with Crippen LogP contribution in [-0.4, -0.2) is 65.6 Å². The predicted octanol–water partition coefficient (Wildman–Crippen LogP) is 1.15. The Morgan fingerprint density at radius 1 is 0.818 bits per heavy atom. The van der Waals surface area contributed by atoms with Crippen LogP contribution in [0, 0.1) is 11.8 Å². The van der Waals surface area contributed by atoms with E-state index in [0.29, 0.717) is 25.0 Å². The molecule has 0 saturated heterocycles. The van der Waals surface area contributed by atoms with Gasteiger partial charge in [0.15, 0.2) is 0 Å². The van der Waals surface area contributed by atoms with E-state index in [4.69, 9.17) is 0 Å². The topological polar surface area (TPSA) is 133 Å². The molecule has 0 spiro atoms. The van der Waals surface area contributed by atoms with Gasteiger partial charge in [-0.2, -0.15) is 11.8 Å². The number of carbonyl (C=O) groups is 5. The summed E-state index contributed by atoms with van der Waals surface area (Å²) in [5, 5.41) is 10.8. The molecular weight excluding hydrogens is 444 g/mol. The molecular formula is C23H40N4O5S. The number of Topliss-reactive ketones (excluding diaryl/α,β-unsaturated/α-hetero) is 1. The van der Waals surface area contributed by atoms with Gasteiger partial charge < -0.3 is 21.3 Å². The minimum atomic E-state index is -0.961. The molecule has 33 heavy (non-hydrogen) atoms. The van der Waals surface area contributed by atoms with E-state index in [1.807, 2.05) is 34.0 Å². The van der Waals surface area contributed by atoms with Gasteiger partial charge in [-0.15, -0.1) is 0 Å². The Kier molecular flexibility index (Phi) is 12.5. The number of thioether (sulfide) groups is 1. The molecule has 0 radical (unpaired) electrons. The van der Waals surface area contributed by atoms with Gasteiger partial charge in [-0.05, 0) is 55.9 Å². The number of hydrogen-bond acceptors (Lipinski definition) is 6. The zero-order valence-corrected chi connectivity index (χ0v) is 21.5. The molecule has 0 aromatic carbocycles. The molecule has 0 aliphatic heterocycles. The molecule has 0 heterocycles. The Hall–Kier alpha value is -2.10. The molecule has 0 aromatic heterocycles. The lowest BCUT2D eigenvalue weighted by Crippen LogP contribution is -2.57. The van der Waals surface area contributed by atoms with Crippen LogP contribution in [0.15, 0.2) is 0 Å². The molecule has 1 aliphatic rings. The van der Waals surface area contributed by atoms with Gasteiger partial charge in [-0.3, -0.25) is 24.0 Å². The van der Waals surface area contributed by atoms with Crippen LogP contribution in [0.3, 0.4) is 0 Å². The summed E-state index contributed by atoms with van der Waals surface area (Å²) < 4.78 is 0. The highest BCUT2D eigenvalue weighted by Crippen LogP contribution is 2.18. The fourth-order valence-corrected chi connectivity index (χ4v) is 3.81. The largest absolute Gasteiger partial charge is 0.347 e. The number of rotatable bonds is 15. The van der Waals surface area contributed by atoms with Crippen molar-refractivity contribution in [2.45, 2.75) is 90.9 Å². The summed E-state index contributed by atoms with van der Waals surface area (Å²) in [6.45, 7) is 9.06. The molecule has 0 unspecified atom stereocenters. The molecule has 10 heteroatoms. The molecule has 188 valence electrons. The van der Waals surface area contributed by atoms with Gasteiger partial charge in [-0.25, -0.2) is 0 Å². The first-order valence-corrected chi connectivity index (χ1v) is 13.0. The summed E-state index contributed by atoms with van der Waals surface area (Å²) in [5.41, 5.74) is 0. The molecule has 1 saturated carbocycles. The van der Waals surface area contributed by atoms with Crippen molar-refractivity contribution in [3.63, 3.8) is 0 Å². The van der Waals surface area contributed by atoms with Gasteiger partial charge >= 0.3 is 0 Å². The quantitative estimate of drug-likeness (QED) is 0.258. The van der Waals surface area contributed by atoms with Crippen molar-refractivity contribution in [2.24, 2.45) is 11.8 Å². The van der Waals surface area contributed by atoms with E-state index in [-0.39, 0.29) is 23.8 Å². The van der Waals surface area contributed by atoms with E-state index in [2.05, 4.69) is 21.3 Å². The van der Waals surface area contributed by atoms with Crippen LogP contribution >= 0.6 is 11.8 Å². The average molecular weight is 485 g/mol. The van der Waals surface area contributed by atoms with Gasteiger partial charge in [0.05, 0.1) is 6.04 Å². The number of amides is 4. The van der Waals surface area contributed by atoms with E-state index >= 15 is 0 Å². The van der Waals surface area contributed by atoms with E-state index in [1.54, 1.807) is 0 Å². The van der Waals surface area contributed by atoms with Gasteiger partial charge in [0.25, 0.3) is 5.91 Å². The van der Waals surface area contributed by atoms with Gasteiger partial charge in [-0.1, -0.05) is 27.7 Å².